The van der Waals surface area contributed by atoms with Crippen LogP contribution in [0.4, 0.5) is 0 Å². The predicted molar refractivity (Wildman–Crippen MR) is 120 cm³/mol. The third-order valence-corrected chi connectivity index (χ3v) is 4.84. The van der Waals surface area contributed by atoms with Crippen molar-refractivity contribution >= 4 is 23.7 Å². The monoisotopic (exact) mass is 466 g/mol. The summed E-state index contributed by atoms with van der Waals surface area (Å²) in [5.41, 5.74) is 6.72. The van der Waals surface area contributed by atoms with Crippen molar-refractivity contribution in [2.24, 2.45) is 11.7 Å². The van der Waals surface area contributed by atoms with Crippen LogP contribution < -0.4 is 21.7 Å². The van der Waals surface area contributed by atoms with Gasteiger partial charge in [-0.05, 0) is 31.2 Å². The summed E-state index contributed by atoms with van der Waals surface area (Å²) in [7, 11) is 0. The lowest BCUT2D eigenvalue weighted by Gasteiger charge is -2.26. The summed E-state index contributed by atoms with van der Waals surface area (Å²) in [6.07, 6.45) is -0.985. The number of carbonyl (C=O) groups is 4. The molecule has 0 aliphatic heterocycles. The lowest BCUT2D eigenvalue weighted by Crippen LogP contribution is -2.60. The van der Waals surface area contributed by atoms with Crippen molar-refractivity contribution in [2.45, 2.75) is 63.9 Å². The SMILES string of the molecule is CC(C)CC(NC(=O)C(CO)NC(=O)C(NC(=O)C(N)Cc1ccccc1)C(C)O)C(=O)O. The van der Waals surface area contributed by atoms with E-state index < -0.39 is 60.6 Å². The smallest absolute Gasteiger partial charge is 0.326 e. The first-order valence-corrected chi connectivity index (χ1v) is 10.7. The predicted octanol–water partition coefficient (Wildman–Crippen LogP) is -1.49. The van der Waals surface area contributed by atoms with E-state index in [1.165, 1.54) is 6.92 Å². The molecule has 0 saturated heterocycles. The second kappa shape index (κ2) is 13.5. The van der Waals surface area contributed by atoms with Crippen molar-refractivity contribution in [1.29, 1.82) is 0 Å². The minimum Gasteiger partial charge on any atom is -0.480 e. The number of benzene rings is 1. The Labute approximate surface area is 192 Å². The molecule has 1 rings (SSSR count). The number of aliphatic hydroxyl groups is 2. The molecule has 0 aliphatic rings. The molecule has 0 spiro atoms. The molecule has 0 heterocycles. The molecule has 8 N–H and O–H groups in total. The molecule has 3 amide bonds. The number of rotatable bonds is 13. The number of aliphatic carboxylic acids is 1. The van der Waals surface area contributed by atoms with Gasteiger partial charge in [-0.1, -0.05) is 44.2 Å². The number of hydrogen-bond acceptors (Lipinski definition) is 7. The van der Waals surface area contributed by atoms with E-state index in [4.69, 9.17) is 5.73 Å². The van der Waals surface area contributed by atoms with Crippen molar-refractivity contribution in [2.75, 3.05) is 6.61 Å². The molecule has 0 radical (unpaired) electrons. The average Bonchev–Trinajstić information content (AvgIpc) is 2.74. The van der Waals surface area contributed by atoms with Crippen molar-refractivity contribution in [1.82, 2.24) is 16.0 Å². The largest absolute Gasteiger partial charge is 0.480 e. The Balaban J connectivity index is 2.79. The van der Waals surface area contributed by atoms with Gasteiger partial charge in [0, 0.05) is 0 Å². The maximum Gasteiger partial charge on any atom is 0.326 e. The van der Waals surface area contributed by atoms with Gasteiger partial charge in [-0.25, -0.2) is 4.79 Å². The molecule has 33 heavy (non-hydrogen) atoms. The number of carboxylic acid groups (broad SMARTS) is 1. The van der Waals surface area contributed by atoms with E-state index in [-0.39, 0.29) is 18.8 Å². The third-order valence-electron chi connectivity index (χ3n) is 4.84. The molecule has 0 saturated carbocycles. The van der Waals surface area contributed by atoms with Gasteiger partial charge in [0.25, 0.3) is 0 Å². The molecular formula is C22H34N4O7. The number of nitrogens with two attached hydrogens (primary N) is 1. The Hall–Kier alpha value is -3.02. The van der Waals surface area contributed by atoms with Gasteiger partial charge in [0.05, 0.1) is 18.8 Å². The Kier molecular flexibility index (Phi) is 11.5. The number of amides is 3. The van der Waals surface area contributed by atoms with E-state index in [9.17, 15) is 34.5 Å². The van der Waals surface area contributed by atoms with E-state index in [2.05, 4.69) is 16.0 Å². The first-order chi connectivity index (χ1) is 15.5. The first-order valence-electron chi connectivity index (χ1n) is 10.7. The minimum absolute atomic E-state index is 0.0245. The Bertz CT molecular complexity index is 801. The van der Waals surface area contributed by atoms with Gasteiger partial charge in [-0.3, -0.25) is 14.4 Å². The van der Waals surface area contributed by atoms with Crippen molar-refractivity contribution in [3.05, 3.63) is 35.9 Å². The van der Waals surface area contributed by atoms with Crippen LogP contribution in [0.5, 0.6) is 0 Å². The quantitative estimate of drug-likeness (QED) is 0.183. The lowest BCUT2D eigenvalue weighted by molar-refractivity contribution is -0.143. The standard InChI is InChI=1S/C22H34N4O7/c1-12(2)9-16(22(32)33)24-20(30)17(11-27)25-21(31)18(13(3)28)26-19(29)15(23)10-14-7-5-4-6-8-14/h4-8,12-13,15-18,27-28H,9-11,23H2,1-3H3,(H,24,30)(H,25,31)(H,26,29)(H,32,33). The second-order valence-corrected chi connectivity index (χ2v) is 8.30. The van der Waals surface area contributed by atoms with Crippen LogP contribution >= 0.6 is 0 Å². The highest BCUT2D eigenvalue weighted by molar-refractivity contribution is 5.94. The van der Waals surface area contributed by atoms with Gasteiger partial charge < -0.3 is 37.0 Å². The van der Waals surface area contributed by atoms with Crippen LogP contribution in [0.25, 0.3) is 0 Å². The summed E-state index contributed by atoms with van der Waals surface area (Å²) < 4.78 is 0. The molecule has 0 fully saturated rings. The van der Waals surface area contributed by atoms with Gasteiger partial charge in [-0.15, -0.1) is 0 Å². The maximum absolute atomic E-state index is 12.6. The average molecular weight is 467 g/mol. The van der Waals surface area contributed by atoms with Gasteiger partial charge >= 0.3 is 5.97 Å². The van der Waals surface area contributed by atoms with Crippen molar-refractivity contribution < 1.29 is 34.5 Å². The fourth-order valence-electron chi connectivity index (χ4n) is 3.05. The number of aliphatic hydroxyl groups excluding tert-OH is 2. The van der Waals surface area contributed by atoms with E-state index in [1.54, 1.807) is 38.1 Å². The topological polar surface area (TPSA) is 191 Å². The van der Waals surface area contributed by atoms with Gasteiger partial charge in [0.15, 0.2) is 0 Å². The summed E-state index contributed by atoms with van der Waals surface area (Å²) in [6.45, 7) is 4.02. The van der Waals surface area contributed by atoms with Crippen LogP contribution in [0.3, 0.4) is 0 Å². The zero-order valence-electron chi connectivity index (χ0n) is 19.0. The summed E-state index contributed by atoms with van der Waals surface area (Å²) in [4.78, 5) is 48.9. The van der Waals surface area contributed by atoms with E-state index >= 15 is 0 Å². The Morgan fingerprint density at radius 2 is 1.48 bits per heavy atom. The minimum atomic E-state index is -1.48. The van der Waals surface area contributed by atoms with Crippen LogP contribution in [0.1, 0.15) is 32.8 Å². The molecular weight excluding hydrogens is 432 g/mol. The van der Waals surface area contributed by atoms with Crippen molar-refractivity contribution in [3.8, 4) is 0 Å². The summed E-state index contributed by atoms with van der Waals surface area (Å²) in [5, 5.41) is 35.7. The summed E-state index contributed by atoms with van der Waals surface area (Å²) >= 11 is 0. The lowest BCUT2D eigenvalue weighted by atomic mass is 10.0. The third kappa shape index (κ3) is 9.56. The highest BCUT2D eigenvalue weighted by Gasteiger charge is 2.32. The molecule has 5 unspecified atom stereocenters. The van der Waals surface area contributed by atoms with E-state index in [1.807, 2.05) is 6.07 Å². The molecule has 0 aromatic heterocycles. The van der Waals surface area contributed by atoms with E-state index in [0.29, 0.717) is 0 Å². The van der Waals surface area contributed by atoms with Gasteiger partial charge in [0.1, 0.15) is 18.1 Å². The van der Waals surface area contributed by atoms with Crippen LogP contribution in [-0.2, 0) is 25.6 Å². The zero-order valence-corrected chi connectivity index (χ0v) is 19.0. The zero-order chi connectivity index (χ0) is 25.1. The van der Waals surface area contributed by atoms with E-state index in [0.717, 1.165) is 5.56 Å². The van der Waals surface area contributed by atoms with Crippen molar-refractivity contribution in [3.63, 3.8) is 0 Å². The number of carbonyl (C=O) groups excluding carboxylic acids is 3. The number of nitrogens with one attached hydrogen (secondary N) is 3. The fraction of sp³-hybridized carbons (Fsp3) is 0.545. The summed E-state index contributed by atoms with van der Waals surface area (Å²) in [6, 6.07) is 3.86. The molecule has 184 valence electrons. The molecule has 1 aromatic carbocycles. The normalized spacial score (nSPS) is 15.6. The second-order valence-electron chi connectivity index (χ2n) is 8.30. The summed E-state index contributed by atoms with van der Waals surface area (Å²) in [5.74, 6) is -3.80. The van der Waals surface area contributed by atoms with Crippen LogP contribution in [0.2, 0.25) is 0 Å². The van der Waals surface area contributed by atoms with Crippen LogP contribution in [-0.4, -0.2) is 75.9 Å². The van der Waals surface area contributed by atoms with Gasteiger partial charge in [-0.2, -0.15) is 0 Å². The Morgan fingerprint density at radius 1 is 0.909 bits per heavy atom. The van der Waals surface area contributed by atoms with Crippen LogP contribution in [0.15, 0.2) is 30.3 Å². The molecule has 0 bridgehead atoms. The molecule has 11 nitrogen and oxygen atoms in total. The Morgan fingerprint density at radius 3 is 1.97 bits per heavy atom. The van der Waals surface area contributed by atoms with Gasteiger partial charge in [0.2, 0.25) is 17.7 Å². The number of carboxylic acids is 1. The molecule has 0 aliphatic carbocycles. The molecule has 5 atom stereocenters. The number of hydrogen-bond donors (Lipinski definition) is 7. The molecule has 11 heteroatoms. The molecule has 1 aromatic rings. The fourth-order valence-corrected chi connectivity index (χ4v) is 3.05. The maximum atomic E-state index is 12.6. The van der Waals surface area contributed by atoms with Crippen LogP contribution in [0, 0.1) is 5.92 Å². The highest BCUT2D eigenvalue weighted by Crippen LogP contribution is 2.06. The first kappa shape index (κ1) is 28.0. The highest BCUT2D eigenvalue weighted by atomic mass is 16.4.